The van der Waals surface area contributed by atoms with Gasteiger partial charge in [0.25, 0.3) is 0 Å². The van der Waals surface area contributed by atoms with Gasteiger partial charge in [0.05, 0.1) is 0 Å². The van der Waals surface area contributed by atoms with Crippen molar-refractivity contribution in [3.63, 3.8) is 0 Å². The van der Waals surface area contributed by atoms with Gasteiger partial charge in [-0.25, -0.2) is 4.98 Å². The number of rotatable bonds is 7. The minimum absolute atomic E-state index is 0.581. The highest BCUT2D eigenvalue weighted by atomic mass is 32.2. The van der Waals surface area contributed by atoms with Crippen LogP contribution in [0.25, 0.3) is 0 Å². The van der Waals surface area contributed by atoms with E-state index < -0.39 is 0 Å². The summed E-state index contributed by atoms with van der Waals surface area (Å²) in [6, 6.07) is 13.0. The molecule has 0 fully saturated rings. The van der Waals surface area contributed by atoms with Crippen molar-refractivity contribution in [2.45, 2.75) is 49.6 Å². The first kappa shape index (κ1) is 16.1. The second kappa shape index (κ2) is 8.20. The molecule has 0 spiro atoms. The number of nitrogens with one attached hydrogen (secondary N) is 1. The number of nitrogens with zero attached hydrogens (tertiary/aromatic N) is 1. The highest BCUT2D eigenvalue weighted by Crippen LogP contribution is 2.27. The number of hydrogen-bond donors (Lipinski definition) is 1. The Morgan fingerprint density at radius 3 is 2.43 bits per heavy atom. The van der Waals surface area contributed by atoms with Crippen LogP contribution in [-0.2, 0) is 6.54 Å². The van der Waals surface area contributed by atoms with Gasteiger partial charge >= 0.3 is 0 Å². The first-order valence-electron chi connectivity index (χ1n) is 7.62. The molecule has 0 aliphatic rings. The SMILES string of the molecule is CCCNCc1ccc(Sc2ccc(C(C)C)cc2)nc1. The molecule has 0 amide bonds. The van der Waals surface area contributed by atoms with Crippen LogP contribution in [0.4, 0.5) is 0 Å². The van der Waals surface area contributed by atoms with Gasteiger partial charge in [-0.15, -0.1) is 0 Å². The third kappa shape index (κ3) is 5.18. The van der Waals surface area contributed by atoms with Crippen molar-refractivity contribution in [1.29, 1.82) is 0 Å². The maximum Gasteiger partial charge on any atom is 0.101 e. The van der Waals surface area contributed by atoms with Gasteiger partial charge in [-0.2, -0.15) is 0 Å². The lowest BCUT2D eigenvalue weighted by molar-refractivity contribution is 0.673. The predicted octanol–water partition coefficient (Wildman–Crippen LogP) is 4.86. The lowest BCUT2D eigenvalue weighted by Crippen LogP contribution is -2.13. The zero-order valence-electron chi connectivity index (χ0n) is 13.1. The van der Waals surface area contributed by atoms with Crippen LogP contribution in [0.3, 0.4) is 0 Å². The Morgan fingerprint density at radius 1 is 1.10 bits per heavy atom. The van der Waals surface area contributed by atoms with Gasteiger partial charge in [-0.05, 0) is 48.2 Å². The Bertz CT molecular complexity index is 532. The van der Waals surface area contributed by atoms with Crippen LogP contribution in [-0.4, -0.2) is 11.5 Å². The third-order valence-corrected chi connectivity index (χ3v) is 4.28. The van der Waals surface area contributed by atoms with Crippen molar-refractivity contribution in [3.8, 4) is 0 Å². The number of hydrogen-bond acceptors (Lipinski definition) is 3. The van der Waals surface area contributed by atoms with Crippen LogP contribution in [0.2, 0.25) is 0 Å². The van der Waals surface area contributed by atoms with Crippen LogP contribution < -0.4 is 5.32 Å². The Balaban J connectivity index is 1.93. The molecule has 2 nitrogen and oxygen atoms in total. The molecule has 0 aliphatic heterocycles. The monoisotopic (exact) mass is 300 g/mol. The molecular formula is C18H24N2S. The van der Waals surface area contributed by atoms with E-state index in [4.69, 9.17) is 0 Å². The molecule has 0 radical (unpaired) electrons. The molecular weight excluding hydrogens is 276 g/mol. The van der Waals surface area contributed by atoms with Gasteiger partial charge in [0, 0.05) is 17.6 Å². The molecule has 1 heterocycles. The summed E-state index contributed by atoms with van der Waals surface area (Å²) in [4.78, 5) is 5.77. The Hall–Kier alpha value is -1.32. The normalized spacial score (nSPS) is 11.0. The zero-order valence-corrected chi connectivity index (χ0v) is 13.9. The van der Waals surface area contributed by atoms with Crippen molar-refractivity contribution in [3.05, 3.63) is 53.7 Å². The van der Waals surface area contributed by atoms with Crippen molar-refractivity contribution in [2.75, 3.05) is 6.54 Å². The van der Waals surface area contributed by atoms with E-state index in [-0.39, 0.29) is 0 Å². The van der Waals surface area contributed by atoms with E-state index in [0.29, 0.717) is 5.92 Å². The van der Waals surface area contributed by atoms with Gasteiger partial charge in [-0.3, -0.25) is 0 Å². The van der Waals surface area contributed by atoms with E-state index in [2.05, 4.69) is 67.5 Å². The number of pyridine rings is 1. The van der Waals surface area contributed by atoms with E-state index in [1.807, 2.05) is 6.20 Å². The standard InChI is InChI=1S/C18H24N2S/c1-4-11-19-12-15-5-10-18(20-13-15)21-17-8-6-16(7-9-17)14(2)3/h5-10,13-14,19H,4,11-12H2,1-3H3. The van der Waals surface area contributed by atoms with Crippen LogP contribution in [0.1, 0.15) is 44.2 Å². The average Bonchev–Trinajstić information content (AvgIpc) is 2.50. The van der Waals surface area contributed by atoms with Crippen LogP contribution in [0.15, 0.2) is 52.5 Å². The molecule has 0 atom stereocenters. The summed E-state index contributed by atoms with van der Waals surface area (Å²) in [6.07, 6.45) is 3.13. The van der Waals surface area contributed by atoms with Crippen LogP contribution in [0, 0.1) is 0 Å². The average molecular weight is 300 g/mol. The van der Waals surface area contributed by atoms with Gasteiger partial charge in [0.2, 0.25) is 0 Å². The molecule has 21 heavy (non-hydrogen) atoms. The smallest absolute Gasteiger partial charge is 0.101 e. The van der Waals surface area contributed by atoms with Gasteiger partial charge in [0.1, 0.15) is 5.03 Å². The van der Waals surface area contributed by atoms with Gasteiger partial charge in [-0.1, -0.05) is 50.7 Å². The van der Waals surface area contributed by atoms with Crippen molar-refractivity contribution in [1.82, 2.24) is 10.3 Å². The van der Waals surface area contributed by atoms with E-state index in [1.165, 1.54) is 16.0 Å². The fourth-order valence-corrected chi connectivity index (χ4v) is 2.78. The van der Waals surface area contributed by atoms with Crippen molar-refractivity contribution in [2.24, 2.45) is 0 Å². The van der Waals surface area contributed by atoms with E-state index in [9.17, 15) is 0 Å². The zero-order chi connectivity index (χ0) is 15.1. The third-order valence-electron chi connectivity index (χ3n) is 3.32. The minimum atomic E-state index is 0.581. The Kier molecular flexibility index (Phi) is 6.27. The molecule has 2 rings (SSSR count). The fourth-order valence-electron chi connectivity index (χ4n) is 2.03. The number of aromatic nitrogens is 1. The maximum atomic E-state index is 4.53. The summed E-state index contributed by atoms with van der Waals surface area (Å²) in [5.41, 5.74) is 2.62. The minimum Gasteiger partial charge on any atom is -0.313 e. The van der Waals surface area contributed by atoms with Crippen LogP contribution in [0.5, 0.6) is 0 Å². The molecule has 0 saturated heterocycles. The molecule has 3 heteroatoms. The van der Waals surface area contributed by atoms with Gasteiger partial charge < -0.3 is 5.32 Å². The summed E-state index contributed by atoms with van der Waals surface area (Å²) < 4.78 is 0. The molecule has 112 valence electrons. The number of benzene rings is 1. The lowest BCUT2D eigenvalue weighted by Gasteiger charge is -2.07. The second-order valence-electron chi connectivity index (χ2n) is 5.51. The molecule has 0 aliphatic carbocycles. The van der Waals surface area contributed by atoms with Gasteiger partial charge in [0.15, 0.2) is 0 Å². The molecule has 1 aromatic carbocycles. The largest absolute Gasteiger partial charge is 0.313 e. The highest BCUT2D eigenvalue weighted by molar-refractivity contribution is 7.99. The maximum absolute atomic E-state index is 4.53. The summed E-state index contributed by atoms with van der Waals surface area (Å²) in [5.74, 6) is 0.581. The molecule has 0 unspecified atom stereocenters. The molecule has 2 aromatic rings. The lowest BCUT2D eigenvalue weighted by atomic mass is 10.0. The van der Waals surface area contributed by atoms with Crippen LogP contribution >= 0.6 is 11.8 Å². The van der Waals surface area contributed by atoms with Crippen molar-refractivity contribution >= 4 is 11.8 Å². The Morgan fingerprint density at radius 2 is 1.86 bits per heavy atom. The summed E-state index contributed by atoms with van der Waals surface area (Å²) >= 11 is 1.71. The predicted molar refractivity (Wildman–Crippen MR) is 90.9 cm³/mol. The van der Waals surface area contributed by atoms with E-state index >= 15 is 0 Å². The summed E-state index contributed by atoms with van der Waals surface area (Å²) in [6.45, 7) is 8.56. The molecule has 1 aromatic heterocycles. The quantitative estimate of drug-likeness (QED) is 0.739. The Labute approximate surface area is 132 Å². The van der Waals surface area contributed by atoms with E-state index in [0.717, 1.165) is 24.5 Å². The first-order chi connectivity index (χ1) is 10.2. The molecule has 1 N–H and O–H groups in total. The summed E-state index contributed by atoms with van der Waals surface area (Å²) in [5, 5.41) is 4.44. The first-order valence-corrected chi connectivity index (χ1v) is 8.44. The second-order valence-corrected chi connectivity index (χ2v) is 6.60. The molecule has 0 saturated carbocycles. The fraction of sp³-hybridized carbons (Fsp3) is 0.389. The van der Waals surface area contributed by atoms with E-state index in [1.54, 1.807) is 11.8 Å². The highest BCUT2D eigenvalue weighted by Gasteiger charge is 2.02. The molecule has 0 bridgehead atoms. The topological polar surface area (TPSA) is 24.9 Å². The van der Waals surface area contributed by atoms with Crippen molar-refractivity contribution < 1.29 is 0 Å². The summed E-state index contributed by atoms with van der Waals surface area (Å²) in [7, 11) is 0.